The van der Waals surface area contributed by atoms with E-state index >= 15 is 4.79 Å². The second-order valence-electron chi connectivity index (χ2n) is 30.9. The first-order chi connectivity index (χ1) is 39.8. The van der Waals surface area contributed by atoms with Gasteiger partial charge in [-0.3, -0.25) is 4.79 Å². The molecule has 7 aliphatic carbocycles. The van der Waals surface area contributed by atoms with Crippen molar-refractivity contribution in [3.63, 3.8) is 0 Å². The first kappa shape index (κ1) is 49.2. The molecule has 412 valence electrons. The highest BCUT2D eigenvalue weighted by Crippen LogP contribution is 2.69. The van der Waals surface area contributed by atoms with E-state index in [4.69, 9.17) is 0 Å². The maximum atomic E-state index is 15.7. The lowest BCUT2D eigenvalue weighted by molar-refractivity contribution is -0.000639. The van der Waals surface area contributed by atoms with Gasteiger partial charge in [-0.15, -0.1) is 0 Å². The van der Waals surface area contributed by atoms with Gasteiger partial charge in [0.05, 0.1) is 44.7 Å². The SMILES string of the molecule is CC1CC2CC(C)CC(c3ccc4c(c3)cc3c5cc6c(cc5n5c7cc(C#N)c8c(c7c4c35)C(C)c3ccccc3C8c3ccccc3)c3cc(C(C)(C)C)cc4c5cc7c(cc5n6c43)C(=O)C3(C)CCC7(C)C4C3CCC4(C)C)(C1)C2. The molecule has 8 unspecified atom stereocenters. The molecule has 8 atom stereocenters. The van der Waals surface area contributed by atoms with Crippen LogP contribution in [0, 0.1) is 51.8 Å². The van der Waals surface area contributed by atoms with Crippen molar-refractivity contribution >= 4 is 92.7 Å². The minimum atomic E-state index is -0.366. The lowest BCUT2D eigenvalue weighted by Gasteiger charge is -2.52. The van der Waals surface area contributed by atoms with E-state index in [1.54, 1.807) is 0 Å². The summed E-state index contributed by atoms with van der Waals surface area (Å²) in [5.74, 6) is 3.42. The highest BCUT2D eigenvalue weighted by molar-refractivity contribution is 6.34. The molecule has 4 heteroatoms. The minimum absolute atomic E-state index is 0.0529. The van der Waals surface area contributed by atoms with Gasteiger partial charge in [0.2, 0.25) is 0 Å². The van der Waals surface area contributed by atoms with Gasteiger partial charge in [-0.25, -0.2) is 0 Å². The molecule has 4 heterocycles. The number of carbonyl (C=O) groups excluding carboxylic acids is 1. The van der Waals surface area contributed by atoms with E-state index < -0.39 is 0 Å². The zero-order chi connectivity index (χ0) is 56.5. The number of fused-ring (bicyclic) bond motifs is 20. The molecule has 7 aliphatic rings. The normalized spacial score (nSPS) is 29.3. The van der Waals surface area contributed by atoms with Gasteiger partial charge in [0.15, 0.2) is 5.78 Å². The molecule has 0 spiro atoms. The van der Waals surface area contributed by atoms with Crippen LogP contribution in [0.5, 0.6) is 0 Å². The van der Waals surface area contributed by atoms with Crippen molar-refractivity contribution < 1.29 is 4.79 Å². The number of hydrogen-bond acceptors (Lipinski definition) is 2. The van der Waals surface area contributed by atoms with Crippen LogP contribution in [0.1, 0.15) is 199 Å². The van der Waals surface area contributed by atoms with Crippen molar-refractivity contribution in [3.8, 4) is 6.07 Å². The largest absolute Gasteiger partial charge is 0.308 e. The predicted octanol–water partition coefficient (Wildman–Crippen LogP) is 20.4. The van der Waals surface area contributed by atoms with Gasteiger partial charge in [-0.2, -0.15) is 5.26 Å². The Morgan fingerprint density at radius 1 is 0.590 bits per heavy atom. The molecule has 0 N–H and O–H groups in total. The molecule has 83 heavy (non-hydrogen) atoms. The van der Waals surface area contributed by atoms with Crippen LogP contribution in [0.4, 0.5) is 0 Å². The van der Waals surface area contributed by atoms with E-state index in [1.165, 1.54) is 153 Å². The summed E-state index contributed by atoms with van der Waals surface area (Å²) in [6.45, 7) is 24.4. The second-order valence-corrected chi connectivity index (χ2v) is 30.9. The van der Waals surface area contributed by atoms with Gasteiger partial charge < -0.3 is 8.80 Å². The molecule has 4 fully saturated rings. The van der Waals surface area contributed by atoms with Crippen LogP contribution in [0.3, 0.4) is 0 Å². The summed E-state index contributed by atoms with van der Waals surface area (Å²) in [5, 5.41) is 24.5. The Kier molecular flexibility index (Phi) is 9.34. The highest BCUT2D eigenvalue weighted by Gasteiger charge is 2.65. The van der Waals surface area contributed by atoms with Crippen molar-refractivity contribution in [1.29, 1.82) is 5.26 Å². The summed E-state index contributed by atoms with van der Waals surface area (Å²) in [6, 6.07) is 50.5. The number of aromatic nitrogens is 2. The van der Waals surface area contributed by atoms with Crippen LogP contribution in [-0.4, -0.2) is 14.6 Å². The van der Waals surface area contributed by atoms with E-state index in [0.29, 0.717) is 29.5 Å². The van der Waals surface area contributed by atoms with Gasteiger partial charge in [-0.05, 0) is 213 Å². The Morgan fingerprint density at radius 2 is 1.23 bits per heavy atom. The Balaban J connectivity index is 0.989. The number of benzene rings is 8. The van der Waals surface area contributed by atoms with Crippen LogP contribution in [-0.2, 0) is 16.2 Å². The van der Waals surface area contributed by atoms with Crippen LogP contribution in [0.25, 0.3) is 87.0 Å². The molecular weight excluding hydrogens is 1010 g/mol. The van der Waals surface area contributed by atoms with Gasteiger partial charge in [-0.1, -0.05) is 142 Å². The van der Waals surface area contributed by atoms with Crippen LogP contribution < -0.4 is 0 Å². The number of nitrogens with zero attached hydrogens (tertiary/aromatic N) is 3. The van der Waals surface area contributed by atoms with E-state index in [1.807, 2.05) is 0 Å². The first-order valence-corrected chi connectivity index (χ1v) is 31.9. The third kappa shape index (κ3) is 6.01. The Morgan fingerprint density at radius 3 is 1.93 bits per heavy atom. The number of carbonyl (C=O) groups is 1. The summed E-state index contributed by atoms with van der Waals surface area (Å²) in [4.78, 5) is 15.7. The number of rotatable bonds is 2. The van der Waals surface area contributed by atoms with E-state index in [-0.39, 0.29) is 38.9 Å². The third-order valence-corrected chi connectivity index (χ3v) is 24.6. The minimum Gasteiger partial charge on any atom is -0.308 e. The molecule has 4 bridgehead atoms. The summed E-state index contributed by atoms with van der Waals surface area (Å²) in [6.07, 6.45) is 10.9. The molecular formula is C79H75N3O. The molecule has 19 rings (SSSR count). The number of Topliss-reactive ketones (excluding diaryl/α,β-unsaturated/α-hetero) is 1. The summed E-state index contributed by atoms with van der Waals surface area (Å²) in [5.41, 5.74) is 19.2. The van der Waals surface area contributed by atoms with Crippen LogP contribution in [0.2, 0.25) is 0 Å². The lowest BCUT2D eigenvalue weighted by atomic mass is 9.51. The quantitative estimate of drug-likeness (QED) is 0.173. The monoisotopic (exact) mass is 1080 g/mol. The second kappa shape index (κ2) is 15.7. The zero-order valence-electron chi connectivity index (χ0n) is 50.2. The highest BCUT2D eigenvalue weighted by atomic mass is 16.1. The molecule has 0 radical (unpaired) electrons. The maximum Gasteiger partial charge on any atom is 0.169 e. The fourth-order valence-electron chi connectivity index (χ4n) is 21.6. The van der Waals surface area contributed by atoms with E-state index in [0.717, 1.165) is 52.9 Å². The average Bonchev–Trinajstić information content (AvgIpc) is 1.59. The first-order valence-electron chi connectivity index (χ1n) is 31.9. The van der Waals surface area contributed by atoms with Crippen molar-refractivity contribution in [2.75, 3.05) is 0 Å². The Bertz CT molecular complexity index is 4930. The van der Waals surface area contributed by atoms with Gasteiger partial charge in [0, 0.05) is 65.9 Å². The topological polar surface area (TPSA) is 49.7 Å². The number of hydrogen-bond donors (Lipinski definition) is 0. The summed E-state index contributed by atoms with van der Waals surface area (Å²) in [7, 11) is 0. The summed E-state index contributed by atoms with van der Waals surface area (Å²) < 4.78 is 5.17. The van der Waals surface area contributed by atoms with E-state index in [9.17, 15) is 5.26 Å². The molecule has 4 aromatic heterocycles. The fourth-order valence-corrected chi connectivity index (χ4v) is 21.6. The smallest absolute Gasteiger partial charge is 0.169 e. The van der Waals surface area contributed by atoms with Crippen molar-refractivity contribution in [3.05, 3.63) is 177 Å². The molecule has 4 nitrogen and oxygen atoms in total. The molecule has 0 aliphatic heterocycles. The predicted molar refractivity (Wildman–Crippen MR) is 344 cm³/mol. The van der Waals surface area contributed by atoms with Crippen molar-refractivity contribution in [2.45, 2.75) is 155 Å². The molecule has 12 aromatic rings. The summed E-state index contributed by atoms with van der Waals surface area (Å²) >= 11 is 0. The fraction of sp³-hybridized carbons (Fsp3) is 0.392. The maximum absolute atomic E-state index is 15.7. The Labute approximate surface area is 487 Å². The molecule has 4 saturated carbocycles. The zero-order valence-corrected chi connectivity index (χ0v) is 50.2. The average molecular weight is 1080 g/mol. The Hall–Kier alpha value is -7.22. The third-order valence-electron chi connectivity index (χ3n) is 24.6. The van der Waals surface area contributed by atoms with Gasteiger partial charge in [0.25, 0.3) is 0 Å². The standard InChI is InChI=1S/C79H75N3O/c1-41-26-44-27-42(2)38-79(37-41,39-44)48-20-21-51-46(28-48)29-56-54-34-62-55(35-63(54)82-65-30-47(40-80)68-66(70(65)69(51)72(56)82)43(3)50-18-14-15-19-52(50)67(68)45-16-12-11-13-17-45)58-32-49(75(4,5)6)31-57-53-33-61-59(36-64(53)81(62)71(57)58)74(83)78(10)25-24-77(61,9)73-60(78)22-23-76(73,7)8/h11-21,28-36,41-44,60,67,73H,22-27,37-39H2,1-10H3. The number of ketones is 1. The van der Waals surface area contributed by atoms with Crippen molar-refractivity contribution in [1.82, 2.24) is 8.80 Å². The van der Waals surface area contributed by atoms with Gasteiger partial charge in [0.1, 0.15) is 0 Å². The molecule has 0 amide bonds. The van der Waals surface area contributed by atoms with E-state index in [2.05, 4.69) is 205 Å². The molecule has 8 aromatic carbocycles. The molecule has 0 saturated heterocycles. The van der Waals surface area contributed by atoms with Crippen LogP contribution in [0.15, 0.2) is 121 Å². The van der Waals surface area contributed by atoms with Gasteiger partial charge >= 0.3 is 0 Å². The van der Waals surface area contributed by atoms with Crippen LogP contribution >= 0.6 is 0 Å². The lowest BCUT2D eigenvalue weighted by Crippen LogP contribution is -2.50. The van der Waals surface area contributed by atoms with Crippen molar-refractivity contribution in [2.24, 2.45) is 40.4 Å². The number of nitriles is 1.